The van der Waals surface area contributed by atoms with Crippen LogP contribution in [-0.4, -0.2) is 28.5 Å². The van der Waals surface area contributed by atoms with Crippen molar-refractivity contribution in [2.24, 2.45) is 5.92 Å². The van der Waals surface area contributed by atoms with E-state index in [1.165, 1.54) is 32.4 Å². The van der Waals surface area contributed by atoms with Crippen LogP contribution in [0.2, 0.25) is 0 Å². The Hall–Kier alpha value is -1.76. The van der Waals surface area contributed by atoms with Gasteiger partial charge < -0.3 is 9.47 Å². The van der Waals surface area contributed by atoms with Gasteiger partial charge in [0.25, 0.3) is 10.0 Å². The average molecular weight is 287 g/mol. The lowest BCUT2D eigenvalue weighted by molar-refractivity contribution is -0.122. The van der Waals surface area contributed by atoms with E-state index in [4.69, 9.17) is 9.47 Å². The van der Waals surface area contributed by atoms with Crippen molar-refractivity contribution in [1.82, 2.24) is 4.72 Å². The number of hydrogen-bond acceptors (Lipinski definition) is 5. The largest absolute Gasteiger partial charge is 0.497 e. The summed E-state index contributed by atoms with van der Waals surface area (Å²) in [4.78, 5) is 11.4. The van der Waals surface area contributed by atoms with E-state index in [-0.39, 0.29) is 10.6 Å². The first-order valence-electron chi connectivity index (χ1n) is 5.60. The summed E-state index contributed by atoms with van der Waals surface area (Å²) in [7, 11) is -1.15. The van der Waals surface area contributed by atoms with E-state index in [0.717, 1.165) is 0 Å². The number of ether oxygens (including phenoxy) is 2. The number of methoxy groups -OCH3 is 2. The maximum absolute atomic E-state index is 12.1. The summed E-state index contributed by atoms with van der Waals surface area (Å²) in [5.41, 5.74) is 0. The first-order chi connectivity index (χ1) is 8.81. The van der Waals surface area contributed by atoms with Crippen molar-refractivity contribution in [3.8, 4) is 11.5 Å². The SMILES string of the molecule is COc1ccc(S(=O)(=O)NC(=O)C(C)C)c(OC)c1. The molecule has 1 amide bonds. The molecular weight excluding hydrogens is 270 g/mol. The van der Waals surface area contributed by atoms with Gasteiger partial charge in [-0.05, 0) is 12.1 Å². The molecule has 0 saturated carbocycles. The minimum atomic E-state index is -3.95. The number of benzene rings is 1. The number of carbonyl (C=O) groups is 1. The smallest absolute Gasteiger partial charge is 0.267 e. The van der Waals surface area contributed by atoms with E-state index in [0.29, 0.717) is 5.75 Å². The number of nitrogens with one attached hydrogen (secondary N) is 1. The predicted octanol–water partition coefficient (Wildman–Crippen LogP) is 1.16. The first kappa shape index (κ1) is 15.3. The summed E-state index contributed by atoms with van der Waals surface area (Å²) in [5.74, 6) is -0.425. The zero-order valence-corrected chi connectivity index (χ0v) is 12.1. The van der Waals surface area contributed by atoms with Crippen molar-refractivity contribution < 1.29 is 22.7 Å². The molecule has 0 spiro atoms. The van der Waals surface area contributed by atoms with E-state index < -0.39 is 21.8 Å². The molecule has 1 aromatic carbocycles. The quantitative estimate of drug-likeness (QED) is 0.879. The predicted molar refractivity (Wildman–Crippen MR) is 69.7 cm³/mol. The second-order valence-corrected chi connectivity index (χ2v) is 5.79. The fraction of sp³-hybridized carbons (Fsp3) is 0.417. The van der Waals surface area contributed by atoms with Gasteiger partial charge in [0, 0.05) is 12.0 Å². The van der Waals surface area contributed by atoms with Gasteiger partial charge in [0.1, 0.15) is 16.4 Å². The highest BCUT2D eigenvalue weighted by atomic mass is 32.2. The summed E-state index contributed by atoms with van der Waals surface area (Å²) in [5, 5.41) is 0. The number of amides is 1. The first-order valence-corrected chi connectivity index (χ1v) is 7.09. The van der Waals surface area contributed by atoms with Crippen LogP contribution in [0.15, 0.2) is 23.1 Å². The number of carbonyl (C=O) groups excluding carboxylic acids is 1. The van der Waals surface area contributed by atoms with Crippen LogP contribution in [0.25, 0.3) is 0 Å². The van der Waals surface area contributed by atoms with Gasteiger partial charge in [-0.15, -0.1) is 0 Å². The Labute approximate surface area is 112 Å². The minimum Gasteiger partial charge on any atom is -0.497 e. The van der Waals surface area contributed by atoms with Crippen molar-refractivity contribution in [1.29, 1.82) is 0 Å². The standard InChI is InChI=1S/C12H17NO5S/c1-8(2)12(14)13-19(15,16)11-6-5-9(17-3)7-10(11)18-4/h5-8H,1-4H3,(H,13,14). The molecule has 0 aromatic heterocycles. The Bertz CT molecular complexity index is 565. The van der Waals surface area contributed by atoms with Crippen molar-refractivity contribution in [3.05, 3.63) is 18.2 Å². The van der Waals surface area contributed by atoms with Gasteiger partial charge in [0.15, 0.2) is 0 Å². The molecule has 0 bridgehead atoms. The number of hydrogen-bond donors (Lipinski definition) is 1. The van der Waals surface area contributed by atoms with Crippen molar-refractivity contribution >= 4 is 15.9 Å². The van der Waals surface area contributed by atoms with Crippen LogP contribution in [0.1, 0.15) is 13.8 Å². The molecule has 0 aliphatic heterocycles. The lowest BCUT2D eigenvalue weighted by Gasteiger charge is -2.12. The molecule has 0 radical (unpaired) electrons. The molecule has 7 heteroatoms. The Morgan fingerprint density at radius 2 is 1.84 bits per heavy atom. The Balaban J connectivity index is 3.18. The fourth-order valence-electron chi connectivity index (χ4n) is 1.30. The second kappa shape index (κ2) is 5.92. The molecule has 1 rings (SSSR count). The van der Waals surface area contributed by atoms with E-state index in [1.54, 1.807) is 13.8 Å². The summed E-state index contributed by atoms with van der Waals surface area (Å²) >= 11 is 0. The van der Waals surface area contributed by atoms with Crippen LogP contribution in [0.4, 0.5) is 0 Å². The molecule has 1 N–H and O–H groups in total. The Kier molecular flexibility index (Phi) is 4.77. The van der Waals surface area contributed by atoms with Gasteiger partial charge in [-0.1, -0.05) is 13.8 Å². The van der Waals surface area contributed by atoms with Crippen LogP contribution in [-0.2, 0) is 14.8 Å². The normalized spacial score (nSPS) is 11.2. The molecule has 0 aliphatic rings. The topological polar surface area (TPSA) is 81.7 Å². The zero-order valence-electron chi connectivity index (χ0n) is 11.3. The van der Waals surface area contributed by atoms with Crippen LogP contribution < -0.4 is 14.2 Å². The minimum absolute atomic E-state index is 0.107. The summed E-state index contributed by atoms with van der Waals surface area (Å²) in [6.07, 6.45) is 0. The maximum atomic E-state index is 12.1. The van der Waals surface area contributed by atoms with E-state index in [1.807, 2.05) is 4.72 Å². The Morgan fingerprint density at radius 3 is 2.32 bits per heavy atom. The summed E-state index contributed by atoms with van der Waals surface area (Å²) < 4.78 is 36.1. The van der Waals surface area contributed by atoms with E-state index in [2.05, 4.69) is 0 Å². The molecule has 0 atom stereocenters. The lowest BCUT2D eigenvalue weighted by atomic mass is 10.2. The summed E-state index contributed by atoms with van der Waals surface area (Å²) in [6, 6.07) is 4.25. The second-order valence-electron chi connectivity index (χ2n) is 4.14. The summed E-state index contributed by atoms with van der Waals surface area (Å²) in [6.45, 7) is 3.21. The third-order valence-electron chi connectivity index (χ3n) is 2.42. The van der Waals surface area contributed by atoms with Gasteiger partial charge in [-0.25, -0.2) is 13.1 Å². The van der Waals surface area contributed by atoms with Crippen molar-refractivity contribution in [3.63, 3.8) is 0 Å². The monoisotopic (exact) mass is 287 g/mol. The van der Waals surface area contributed by atoms with Gasteiger partial charge in [0.05, 0.1) is 14.2 Å². The van der Waals surface area contributed by atoms with Gasteiger partial charge in [0.2, 0.25) is 5.91 Å². The van der Waals surface area contributed by atoms with Gasteiger partial charge >= 0.3 is 0 Å². The number of sulfonamides is 1. The van der Waals surface area contributed by atoms with Crippen LogP contribution in [0.3, 0.4) is 0 Å². The fourth-order valence-corrected chi connectivity index (χ4v) is 2.57. The lowest BCUT2D eigenvalue weighted by Crippen LogP contribution is -2.33. The van der Waals surface area contributed by atoms with Crippen molar-refractivity contribution in [2.75, 3.05) is 14.2 Å². The average Bonchev–Trinajstić information content (AvgIpc) is 2.37. The van der Waals surface area contributed by atoms with Gasteiger partial charge in [-0.2, -0.15) is 0 Å². The van der Waals surface area contributed by atoms with Crippen LogP contribution in [0, 0.1) is 5.92 Å². The highest BCUT2D eigenvalue weighted by Gasteiger charge is 2.23. The molecular formula is C12H17NO5S. The molecule has 0 heterocycles. The van der Waals surface area contributed by atoms with Crippen LogP contribution >= 0.6 is 0 Å². The third kappa shape index (κ3) is 3.60. The number of rotatable bonds is 5. The maximum Gasteiger partial charge on any atom is 0.267 e. The molecule has 106 valence electrons. The molecule has 0 fully saturated rings. The molecule has 0 saturated heterocycles. The molecule has 0 unspecified atom stereocenters. The van der Waals surface area contributed by atoms with E-state index in [9.17, 15) is 13.2 Å². The highest BCUT2D eigenvalue weighted by molar-refractivity contribution is 7.90. The molecule has 19 heavy (non-hydrogen) atoms. The Morgan fingerprint density at radius 1 is 1.21 bits per heavy atom. The van der Waals surface area contributed by atoms with E-state index >= 15 is 0 Å². The highest BCUT2D eigenvalue weighted by Crippen LogP contribution is 2.28. The van der Waals surface area contributed by atoms with Crippen LogP contribution in [0.5, 0.6) is 11.5 Å². The molecule has 1 aromatic rings. The molecule has 0 aliphatic carbocycles. The van der Waals surface area contributed by atoms with Crippen molar-refractivity contribution in [2.45, 2.75) is 18.7 Å². The van der Waals surface area contributed by atoms with Gasteiger partial charge in [-0.3, -0.25) is 4.79 Å². The molecule has 6 nitrogen and oxygen atoms in total. The third-order valence-corrected chi connectivity index (χ3v) is 3.81. The zero-order chi connectivity index (χ0) is 14.6.